The van der Waals surface area contributed by atoms with Crippen molar-refractivity contribution in [3.8, 4) is 5.75 Å². The van der Waals surface area contributed by atoms with E-state index in [4.69, 9.17) is 17.0 Å². The smallest absolute Gasteiger partial charge is 0.269 e. The summed E-state index contributed by atoms with van der Waals surface area (Å²) >= 11 is 5.52. The van der Waals surface area contributed by atoms with Gasteiger partial charge in [-0.25, -0.2) is 0 Å². The lowest BCUT2D eigenvalue weighted by atomic mass is 9.97. The number of benzene rings is 2. The van der Waals surface area contributed by atoms with Crippen molar-refractivity contribution < 1.29 is 14.8 Å². The number of nitro benzene ring substituents is 1. The lowest BCUT2D eigenvalue weighted by Gasteiger charge is -2.27. The first kappa shape index (κ1) is 21.7. The molecule has 164 valence electrons. The summed E-state index contributed by atoms with van der Waals surface area (Å²) in [4.78, 5) is 16.8. The van der Waals surface area contributed by atoms with Gasteiger partial charge in [0.2, 0.25) is 0 Å². The van der Waals surface area contributed by atoms with Crippen LogP contribution in [0.4, 0.5) is 5.69 Å². The number of hydrogen-bond acceptors (Lipinski definition) is 6. The minimum Gasteiger partial charge on any atom is -0.489 e. The molecule has 0 radical (unpaired) electrons. The van der Waals surface area contributed by atoms with E-state index in [1.165, 1.54) is 12.1 Å². The van der Waals surface area contributed by atoms with Crippen LogP contribution in [0.5, 0.6) is 5.75 Å². The van der Waals surface area contributed by atoms with Crippen LogP contribution in [0.2, 0.25) is 0 Å². The molecular formula is C23H22N4O4S. The topological polar surface area (TPSA) is 101 Å². The van der Waals surface area contributed by atoms with Crippen molar-refractivity contribution in [2.24, 2.45) is 0 Å². The molecule has 0 spiro atoms. The van der Waals surface area contributed by atoms with Gasteiger partial charge in [-0.3, -0.25) is 15.1 Å². The SMILES string of the molecule is O=[N+]([O-])c1ccc(COc2ccc([C@@H]3[C@@H](c4ccccn4)NC(=S)N3CCO)cc2)cc1. The molecule has 9 heteroatoms. The maximum atomic E-state index is 10.8. The third-order valence-electron chi connectivity index (χ3n) is 5.31. The molecule has 0 aliphatic carbocycles. The summed E-state index contributed by atoms with van der Waals surface area (Å²) < 4.78 is 5.84. The first-order valence-corrected chi connectivity index (χ1v) is 10.5. The van der Waals surface area contributed by atoms with Gasteiger partial charge in [0, 0.05) is 24.9 Å². The van der Waals surface area contributed by atoms with Crippen molar-refractivity contribution in [1.29, 1.82) is 0 Å². The highest BCUT2D eigenvalue weighted by Crippen LogP contribution is 2.38. The van der Waals surface area contributed by atoms with Crippen molar-refractivity contribution in [2.75, 3.05) is 13.2 Å². The fourth-order valence-corrected chi connectivity index (χ4v) is 4.09. The molecule has 8 nitrogen and oxygen atoms in total. The van der Waals surface area contributed by atoms with Crippen molar-refractivity contribution in [2.45, 2.75) is 18.7 Å². The number of thiocarbonyl (C=S) groups is 1. The van der Waals surface area contributed by atoms with E-state index >= 15 is 0 Å². The van der Waals surface area contributed by atoms with Gasteiger partial charge < -0.3 is 20.1 Å². The van der Waals surface area contributed by atoms with E-state index in [1.807, 2.05) is 47.4 Å². The molecule has 2 atom stereocenters. The molecule has 0 amide bonds. The summed E-state index contributed by atoms with van der Waals surface area (Å²) in [7, 11) is 0. The molecule has 1 aliphatic rings. The van der Waals surface area contributed by atoms with Gasteiger partial charge in [0.05, 0.1) is 29.3 Å². The number of ether oxygens (including phenoxy) is 1. The Balaban J connectivity index is 1.50. The molecule has 1 fully saturated rings. The lowest BCUT2D eigenvalue weighted by Crippen LogP contribution is -2.32. The van der Waals surface area contributed by atoms with E-state index in [-0.39, 0.29) is 24.4 Å². The van der Waals surface area contributed by atoms with Gasteiger partial charge in [0.1, 0.15) is 12.4 Å². The summed E-state index contributed by atoms with van der Waals surface area (Å²) in [5.74, 6) is 0.684. The van der Waals surface area contributed by atoms with Gasteiger partial charge in [0.25, 0.3) is 5.69 Å². The Morgan fingerprint density at radius 3 is 2.50 bits per heavy atom. The van der Waals surface area contributed by atoms with Crippen molar-refractivity contribution in [3.63, 3.8) is 0 Å². The maximum absolute atomic E-state index is 10.8. The summed E-state index contributed by atoms with van der Waals surface area (Å²) in [5.41, 5.74) is 2.79. The van der Waals surface area contributed by atoms with Crippen molar-refractivity contribution in [3.05, 3.63) is 99.9 Å². The van der Waals surface area contributed by atoms with Crippen LogP contribution in [0.1, 0.15) is 28.9 Å². The third-order valence-corrected chi connectivity index (χ3v) is 5.67. The fourth-order valence-electron chi connectivity index (χ4n) is 3.76. The van der Waals surface area contributed by atoms with E-state index in [1.54, 1.807) is 18.3 Å². The zero-order valence-electron chi connectivity index (χ0n) is 17.1. The van der Waals surface area contributed by atoms with Crippen LogP contribution in [-0.4, -0.2) is 38.2 Å². The molecule has 1 saturated heterocycles. The summed E-state index contributed by atoms with van der Waals surface area (Å²) in [6.07, 6.45) is 1.75. The Morgan fingerprint density at radius 1 is 1.12 bits per heavy atom. The first-order valence-electron chi connectivity index (χ1n) is 10.1. The highest BCUT2D eigenvalue weighted by Gasteiger charge is 2.39. The van der Waals surface area contributed by atoms with Gasteiger partial charge in [-0.05, 0) is 59.7 Å². The number of nitrogens with zero attached hydrogens (tertiary/aromatic N) is 3. The molecule has 3 aromatic rings. The summed E-state index contributed by atoms with van der Waals surface area (Å²) in [5, 5.41) is 24.2. The molecule has 1 aromatic heterocycles. The second kappa shape index (κ2) is 9.71. The number of non-ortho nitro benzene ring substituents is 1. The second-order valence-electron chi connectivity index (χ2n) is 7.32. The minimum atomic E-state index is -0.425. The van der Waals surface area contributed by atoms with Crippen molar-refractivity contribution in [1.82, 2.24) is 15.2 Å². The highest BCUT2D eigenvalue weighted by molar-refractivity contribution is 7.80. The largest absolute Gasteiger partial charge is 0.489 e. The zero-order valence-corrected chi connectivity index (χ0v) is 17.9. The van der Waals surface area contributed by atoms with Crippen LogP contribution in [0.25, 0.3) is 0 Å². The number of aliphatic hydroxyl groups excluding tert-OH is 1. The molecule has 2 N–H and O–H groups in total. The van der Waals surface area contributed by atoms with Crippen LogP contribution in [-0.2, 0) is 6.61 Å². The quantitative estimate of drug-likeness (QED) is 0.305. The van der Waals surface area contributed by atoms with Crippen LogP contribution in [0.3, 0.4) is 0 Å². The number of aromatic nitrogens is 1. The Morgan fingerprint density at radius 2 is 1.88 bits per heavy atom. The van der Waals surface area contributed by atoms with Gasteiger partial charge in [-0.1, -0.05) is 18.2 Å². The van der Waals surface area contributed by atoms with Crippen LogP contribution in [0.15, 0.2) is 72.9 Å². The Labute approximate surface area is 190 Å². The van der Waals surface area contributed by atoms with Crippen LogP contribution in [0, 0.1) is 10.1 Å². The molecule has 1 aliphatic heterocycles. The Kier molecular flexibility index (Phi) is 6.58. The van der Waals surface area contributed by atoms with Crippen LogP contribution >= 0.6 is 12.2 Å². The number of pyridine rings is 1. The summed E-state index contributed by atoms with van der Waals surface area (Å²) in [6.45, 7) is 0.710. The molecule has 0 unspecified atom stereocenters. The Bertz CT molecular complexity index is 1080. The van der Waals surface area contributed by atoms with Gasteiger partial charge in [0.15, 0.2) is 5.11 Å². The molecular weight excluding hydrogens is 428 g/mol. The van der Waals surface area contributed by atoms with E-state index < -0.39 is 4.92 Å². The lowest BCUT2D eigenvalue weighted by molar-refractivity contribution is -0.384. The van der Waals surface area contributed by atoms with Crippen LogP contribution < -0.4 is 10.1 Å². The van der Waals surface area contributed by atoms with Gasteiger partial charge in [-0.2, -0.15) is 0 Å². The first-order chi connectivity index (χ1) is 15.6. The third kappa shape index (κ3) is 4.68. The number of rotatable bonds is 8. The number of hydrogen-bond donors (Lipinski definition) is 2. The predicted octanol–water partition coefficient (Wildman–Crippen LogP) is 3.53. The average molecular weight is 451 g/mol. The highest BCUT2D eigenvalue weighted by atomic mass is 32.1. The normalized spacial score (nSPS) is 17.8. The number of nitrogens with one attached hydrogen (secondary N) is 1. The Hall–Kier alpha value is -3.56. The number of β-amino-alcohol motifs (C(OH)–C–C–N with tert-alkyl or cyclic N) is 1. The molecule has 32 heavy (non-hydrogen) atoms. The van der Waals surface area contributed by atoms with E-state index in [2.05, 4.69) is 10.3 Å². The van der Waals surface area contributed by atoms with Gasteiger partial charge in [-0.15, -0.1) is 0 Å². The number of aliphatic hydroxyl groups is 1. The zero-order chi connectivity index (χ0) is 22.5. The van der Waals surface area contributed by atoms with E-state index in [9.17, 15) is 15.2 Å². The molecule has 2 aromatic carbocycles. The molecule has 0 saturated carbocycles. The minimum absolute atomic E-state index is 0.0102. The fraction of sp³-hybridized carbons (Fsp3) is 0.217. The molecule has 0 bridgehead atoms. The average Bonchev–Trinajstić information content (AvgIpc) is 3.15. The summed E-state index contributed by atoms with van der Waals surface area (Å²) in [6, 6.07) is 19.5. The predicted molar refractivity (Wildman–Crippen MR) is 123 cm³/mol. The van der Waals surface area contributed by atoms with E-state index in [0.717, 1.165) is 16.8 Å². The maximum Gasteiger partial charge on any atom is 0.269 e. The van der Waals surface area contributed by atoms with Gasteiger partial charge >= 0.3 is 0 Å². The standard InChI is InChI=1S/C23H22N4O4S/c28-14-13-26-22(21(25-23(26)32)20-3-1-2-12-24-20)17-6-10-19(11-7-17)31-15-16-4-8-18(9-5-16)27(29)30/h1-12,21-22,28H,13-15H2,(H,25,32)/t21-,22-/m1/s1. The van der Waals surface area contributed by atoms with Crippen molar-refractivity contribution >= 4 is 23.0 Å². The monoisotopic (exact) mass is 450 g/mol. The second-order valence-corrected chi connectivity index (χ2v) is 7.71. The van der Waals surface area contributed by atoms with E-state index in [0.29, 0.717) is 24.0 Å². The number of nitro groups is 1. The molecule has 2 heterocycles. The molecule has 4 rings (SSSR count).